The van der Waals surface area contributed by atoms with Crippen molar-refractivity contribution in [1.82, 2.24) is 0 Å². The minimum atomic E-state index is -0.591. The van der Waals surface area contributed by atoms with Crippen LogP contribution in [0.15, 0.2) is 42.5 Å². The average Bonchev–Trinajstić information content (AvgIpc) is 2.42. The first-order chi connectivity index (χ1) is 9.49. The Morgan fingerprint density at radius 2 is 1.95 bits per heavy atom. The van der Waals surface area contributed by atoms with E-state index in [1.165, 1.54) is 18.2 Å². The monoisotopic (exact) mass is 290 g/mol. The van der Waals surface area contributed by atoms with Crippen LogP contribution in [0.5, 0.6) is 0 Å². The molecule has 1 amide bonds. The number of carbonyl (C=O) groups excluding carboxylic acids is 1. The first-order valence-corrected chi connectivity index (χ1v) is 6.18. The summed E-state index contributed by atoms with van der Waals surface area (Å²) in [7, 11) is 0. The van der Waals surface area contributed by atoms with E-state index < -0.39 is 10.8 Å². The summed E-state index contributed by atoms with van der Waals surface area (Å²) in [6, 6.07) is 10.9. The Labute approximate surface area is 120 Å². The number of nitrogens with zero attached hydrogens (tertiary/aromatic N) is 1. The second-order valence-corrected chi connectivity index (χ2v) is 4.62. The van der Waals surface area contributed by atoms with Gasteiger partial charge in [0.15, 0.2) is 0 Å². The van der Waals surface area contributed by atoms with Gasteiger partial charge in [-0.05, 0) is 30.7 Å². The summed E-state index contributed by atoms with van der Waals surface area (Å²) >= 11 is 5.98. The van der Waals surface area contributed by atoms with E-state index in [1.807, 2.05) is 13.0 Å². The smallest absolute Gasteiger partial charge is 0.282 e. The molecule has 2 rings (SSSR count). The number of halogens is 1. The van der Waals surface area contributed by atoms with Crippen molar-refractivity contribution in [2.45, 2.75) is 6.92 Å². The lowest BCUT2D eigenvalue weighted by Crippen LogP contribution is -2.14. The molecule has 0 radical (unpaired) electrons. The van der Waals surface area contributed by atoms with Gasteiger partial charge in [0.1, 0.15) is 5.56 Å². The third-order valence-electron chi connectivity index (χ3n) is 2.72. The van der Waals surface area contributed by atoms with Crippen LogP contribution in [0, 0.1) is 17.0 Å². The first-order valence-electron chi connectivity index (χ1n) is 5.80. The van der Waals surface area contributed by atoms with Crippen LogP contribution in [0.4, 0.5) is 11.4 Å². The second-order valence-electron chi connectivity index (χ2n) is 4.21. The number of para-hydroxylation sites is 1. The molecule has 0 saturated heterocycles. The Morgan fingerprint density at radius 1 is 1.25 bits per heavy atom. The molecule has 20 heavy (non-hydrogen) atoms. The Bertz CT molecular complexity index is 686. The number of carbonyl (C=O) groups is 1. The lowest BCUT2D eigenvalue weighted by molar-refractivity contribution is -0.385. The Morgan fingerprint density at radius 3 is 2.65 bits per heavy atom. The number of anilines is 1. The largest absolute Gasteiger partial charge is 0.320 e. The maximum atomic E-state index is 12.1. The summed E-state index contributed by atoms with van der Waals surface area (Å²) < 4.78 is 0. The molecule has 0 aliphatic carbocycles. The highest BCUT2D eigenvalue weighted by atomic mass is 35.5. The highest BCUT2D eigenvalue weighted by Gasteiger charge is 2.19. The van der Waals surface area contributed by atoms with Gasteiger partial charge in [0.25, 0.3) is 11.6 Å². The number of hydrogen-bond donors (Lipinski definition) is 1. The molecule has 2 aromatic rings. The van der Waals surface area contributed by atoms with Crippen LogP contribution >= 0.6 is 11.6 Å². The van der Waals surface area contributed by atoms with Crippen molar-refractivity contribution in [3.63, 3.8) is 0 Å². The summed E-state index contributed by atoms with van der Waals surface area (Å²) in [5.41, 5.74) is 1.10. The second kappa shape index (κ2) is 5.71. The van der Waals surface area contributed by atoms with E-state index in [0.29, 0.717) is 10.7 Å². The zero-order chi connectivity index (χ0) is 14.7. The summed E-state index contributed by atoms with van der Waals surface area (Å²) in [5, 5.41) is 13.9. The van der Waals surface area contributed by atoms with Crippen LogP contribution in [0.1, 0.15) is 15.9 Å². The van der Waals surface area contributed by atoms with Gasteiger partial charge in [0, 0.05) is 6.07 Å². The quantitative estimate of drug-likeness (QED) is 0.690. The normalized spacial score (nSPS) is 10.1. The lowest BCUT2D eigenvalue weighted by Gasteiger charge is -2.08. The molecule has 0 atom stereocenters. The van der Waals surface area contributed by atoms with E-state index in [1.54, 1.807) is 18.2 Å². The maximum absolute atomic E-state index is 12.1. The third-order valence-corrected chi connectivity index (χ3v) is 3.05. The van der Waals surface area contributed by atoms with E-state index in [0.717, 1.165) is 5.56 Å². The van der Waals surface area contributed by atoms with E-state index in [9.17, 15) is 14.9 Å². The molecule has 0 aliphatic heterocycles. The number of amides is 1. The number of hydrogen-bond acceptors (Lipinski definition) is 3. The van der Waals surface area contributed by atoms with Gasteiger partial charge >= 0.3 is 0 Å². The average molecular weight is 291 g/mol. The van der Waals surface area contributed by atoms with E-state index in [-0.39, 0.29) is 11.3 Å². The number of aryl methyl sites for hydroxylation is 1. The molecule has 0 unspecified atom stereocenters. The van der Waals surface area contributed by atoms with Gasteiger partial charge in [0.05, 0.1) is 15.6 Å². The Hall–Kier alpha value is -2.40. The molecule has 1 N–H and O–H groups in total. The summed E-state index contributed by atoms with van der Waals surface area (Å²) in [4.78, 5) is 22.4. The minimum Gasteiger partial charge on any atom is -0.320 e. The fraction of sp³-hybridized carbons (Fsp3) is 0.0714. The van der Waals surface area contributed by atoms with E-state index in [2.05, 4.69) is 5.32 Å². The SMILES string of the molecule is Cc1ccc(Cl)c(NC(=O)c2ccccc2[N+](=O)[O-])c1. The van der Waals surface area contributed by atoms with Gasteiger partial charge < -0.3 is 5.32 Å². The van der Waals surface area contributed by atoms with Crippen molar-refractivity contribution in [1.29, 1.82) is 0 Å². The maximum Gasteiger partial charge on any atom is 0.282 e. The predicted molar refractivity (Wildman–Crippen MR) is 77.2 cm³/mol. The summed E-state index contributed by atoms with van der Waals surface area (Å²) in [6.07, 6.45) is 0. The van der Waals surface area contributed by atoms with Crippen molar-refractivity contribution in [2.75, 3.05) is 5.32 Å². The molecule has 0 bridgehead atoms. The molecule has 0 heterocycles. The molecular weight excluding hydrogens is 280 g/mol. The summed E-state index contributed by atoms with van der Waals surface area (Å²) in [6.45, 7) is 1.86. The molecule has 2 aromatic carbocycles. The van der Waals surface area contributed by atoms with Gasteiger partial charge in [-0.1, -0.05) is 29.8 Å². The number of nitrogens with one attached hydrogen (secondary N) is 1. The predicted octanol–water partition coefficient (Wildman–Crippen LogP) is 3.81. The number of nitro groups is 1. The van der Waals surface area contributed by atoms with Crippen LogP contribution in [-0.4, -0.2) is 10.8 Å². The molecule has 5 nitrogen and oxygen atoms in total. The van der Waals surface area contributed by atoms with Crippen LogP contribution < -0.4 is 5.32 Å². The molecule has 0 saturated carbocycles. The number of benzene rings is 2. The van der Waals surface area contributed by atoms with Crippen molar-refractivity contribution < 1.29 is 9.72 Å². The molecule has 102 valence electrons. The molecule has 6 heteroatoms. The standard InChI is InChI=1S/C14H11ClN2O3/c1-9-6-7-11(15)12(8-9)16-14(18)10-4-2-3-5-13(10)17(19)20/h2-8H,1H3,(H,16,18). The number of rotatable bonds is 3. The van der Waals surface area contributed by atoms with Crippen LogP contribution in [-0.2, 0) is 0 Å². The van der Waals surface area contributed by atoms with Crippen LogP contribution in [0.3, 0.4) is 0 Å². The summed E-state index contributed by atoms with van der Waals surface area (Å²) in [5.74, 6) is -0.565. The highest BCUT2D eigenvalue weighted by Crippen LogP contribution is 2.25. The fourth-order valence-electron chi connectivity index (χ4n) is 1.75. The molecule has 0 fully saturated rings. The Balaban J connectivity index is 2.33. The zero-order valence-corrected chi connectivity index (χ0v) is 11.3. The van der Waals surface area contributed by atoms with Gasteiger partial charge in [-0.25, -0.2) is 0 Å². The third kappa shape index (κ3) is 2.95. The van der Waals surface area contributed by atoms with Crippen LogP contribution in [0.2, 0.25) is 5.02 Å². The van der Waals surface area contributed by atoms with Crippen molar-refractivity contribution in [3.05, 3.63) is 68.7 Å². The molecular formula is C14H11ClN2O3. The van der Waals surface area contributed by atoms with Gasteiger partial charge in [-0.3, -0.25) is 14.9 Å². The number of nitro benzene ring substituents is 1. The van der Waals surface area contributed by atoms with Crippen molar-refractivity contribution in [3.8, 4) is 0 Å². The minimum absolute atomic E-state index is 0.00456. The van der Waals surface area contributed by atoms with Gasteiger partial charge in [0.2, 0.25) is 0 Å². The molecule has 0 aromatic heterocycles. The van der Waals surface area contributed by atoms with E-state index >= 15 is 0 Å². The van der Waals surface area contributed by atoms with E-state index in [4.69, 9.17) is 11.6 Å². The van der Waals surface area contributed by atoms with Gasteiger partial charge in [-0.2, -0.15) is 0 Å². The Kier molecular flexibility index (Phi) is 4.00. The zero-order valence-electron chi connectivity index (χ0n) is 10.6. The fourth-order valence-corrected chi connectivity index (χ4v) is 1.91. The highest BCUT2D eigenvalue weighted by molar-refractivity contribution is 6.34. The van der Waals surface area contributed by atoms with Crippen LogP contribution in [0.25, 0.3) is 0 Å². The van der Waals surface area contributed by atoms with Crippen molar-refractivity contribution >= 4 is 28.9 Å². The lowest BCUT2D eigenvalue weighted by atomic mass is 10.1. The topological polar surface area (TPSA) is 72.2 Å². The first kappa shape index (κ1) is 14.0. The van der Waals surface area contributed by atoms with Crippen molar-refractivity contribution in [2.24, 2.45) is 0 Å². The molecule has 0 spiro atoms. The molecule has 0 aliphatic rings. The van der Waals surface area contributed by atoms with Gasteiger partial charge in [-0.15, -0.1) is 0 Å².